The molecule has 0 spiro atoms. The highest BCUT2D eigenvalue weighted by molar-refractivity contribution is 5.98. The number of nitrogens with one attached hydrogen (secondary N) is 1. The molecule has 2 aromatic heterocycles. The fourth-order valence-electron chi connectivity index (χ4n) is 2.92. The summed E-state index contributed by atoms with van der Waals surface area (Å²) in [6, 6.07) is 5.27. The fourth-order valence-corrected chi connectivity index (χ4v) is 2.92. The minimum Gasteiger partial charge on any atom is -0.348 e. The van der Waals surface area contributed by atoms with E-state index in [-0.39, 0.29) is 17.9 Å². The van der Waals surface area contributed by atoms with Gasteiger partial charge in [-0.15, -0.1) is 0 Å². The lowest BCUT2D eigenvalue weighted by Crippen LogP contribution is -2.49. The SMILES string of the molecule is O=C(NC1CC1)c1cc(C(=O)N2CCN(c3ncccn3)CC2)ccn1. The van der Waals surface area contributed by atoms with E-state index in [0.717, 1.165) is 12.8 Å². The van der Waals surface area contributed by atoms with E-state index in [9.17, 15) is 9.59 Å². The maximum absolute atomic E-state index is 12.8. The van der Waals surface area contributed by atoms with Crippen LogP contribution in [0.3, 0.4) is 0 Å². The zero-order valence-electron chi connectivity index (χ0n) is 14.3. The number of hydrogen-bond acceptors (Lipinski definition) is 6. The second-order valence-electron chi connectivity index (χ2n) is 6.51. The van der Waals surface area contributed by atoms with E-state index in [1.807, 2.05) is 0 Å². The molecule has 2 aromatic rings. The molecule has 4 rings (SSSR count). The summed E-state index contributed by atoms with van der Waals surface area (Å²) in [5.74, 6) is 0.386. The normalized spacial score (nSPS) is 17.1. The predicted octanol–water partition coefficient (Wildman–Crippen LogP) is 0.726. The molecule has 0 atom stereocenters. The Bertz CT molecular complexity index is 800. The summed E-state index contributed by atoms with van der Waals surface area (Å²) in [4.78, 5) is 41.3. The maximum Gasteiger partial charge on any atom is 0.270 e. The van der Waals surface area contributed by atoms with Crippen molar-refractivity contribution in [3.8, 4) is 0 Å². The first-order chi connectivity index (χ1) is 12.7. The van der Waals surface area contributed by atoms with Gasteiger partial charge in [-0.1, -0.05) is 0 Å². The molecule has 8 nitrogen and oxygen atoms in total. The number of rotatable bonds is 4. The standard InChI is InChI=1S/C18H20N6O2/c25-16(22-14-2-3-14)15-12-13(4-7-19-15)17(26)23-8-10-24(11-9-23)18-20-5-1-6-21-18/h1,4-7,12,14H,2-3,8-11H2,(H,22,25). The molecule has 0 bridgehead atoms. The fraction of sp³-hybridized carbons (Fsp3) is 0.389. The minimum absolute atomic E-state index is 0.0819. The van der Waals surface area contributed by atoms with Crippen LogP contribution in [-0.2, 0) is 0 Å². The van der Waals surface area contributed by atoms with Crippen molar-refractivity contribution in [2.45, 2.75) is 18.9 Å². The third kappa shape index (κ3) is 3.63. The van der Waals surface area contributed by atoms with Crippen LogP contribution in [0.25, 0.3) is 0 Å². The van der Waals surface area contributed by atoms with E-state index in [4.69, 9.17) is 0 Å². The summed E-state index contributed by atoms with van der Waals surface area (Å²) >= 11 is 0. The van der Waals surface area contributed by atoms with Crippen molar-refractivity contribution in [1.29, 1.82) is 0 Å². The molecule has 134 valence electrons. The number of anilines is 1. The first-order valence-electron chi connectivity index (χ1n) is 8.79. The van der Waals surface area contributed by atoms with E-state index < -0.39 is 0 Å². The van der Waals surface area contributed by atoms with Gasteiger partial charge in [0.15, 0.2) is 0 Å². The van der Waals surface area contributed by atoms with Crippen molar-refractivity contribution in [2.75, 3.05) is 31.1 Å². The molecule has 0 aromatic carbocycles. The molecule has 1 saturated carbocycles. The zero-order valence-corrected chi connectivity index (χ0v) is 14.3. The summed E-state index contributed by atoms with van der Waals surface area (Å²) in [6.45, 7) is 2.53. The van der Waals surface area contributed by atoms with Crippen LogP contribution in [0.5, 0.6) is 0 Å². The molecular weight excluding hydrogens is 332 g/mol. The van der Waals surface area contributed by atoms with E-state index in [2.05, 4.69) is 25.2 Å². The third-order valence-electron chi connectivity index (χ3n) is 4.55. The number of piperazine rings is 1. The van der Waals surface area contributed by atoms with Gasteiger partial charge in [0, 0.05) is 56.4 Å². The molecule has 2 aliphatic rings. The van der Waals surface area contributed by atoms with Gasteiger partial charge >= 0.3 is 0 Å². The molecule has 2 amide bonds. The van der Waals surface area contributed by atoms with Gasteiger partial charge in [-0.2, -0.15) is 0 Å². The molecular formula is C18H20N6O2. The maximum atomic E-state index is 12.8. The molecule has 2 fully saturated rings. The quantitative estimate of drug-likeness (QED) is 0.872. The topological polar surface area (TPSA) is 91.3 Å². The van der Waals surface area contributed by atoms with Gasteiger partial charge in [-0.05, 0) is 31.0 Å². The molecule has 1 aliphatic heterocycles. The average Bonchev–Trinajstić information content (AvgIpc) is 3.52. The smallest absolute Gasteiger partial charge is 0.270 e. The molecule has 0 radical (unpaired) electrons. The van der Waals surface area contributed by atoms with Gasteiger partial charge in [0.1, 0.15) is 5.69 Å². The second-order valence-corrected chi connectivity index (χ2v) is 6.51. The summed E-state index contributed by atoms with van der Waals surface area (Å²) in [5.41, 5.74) is 0.782. The minimum atomic E-state index is -0.215. The highest BCUT2D eigenvalue weighted by atomic mass is 16.2. The lowest BCUT2D eigenvalue weighted by atomic mass is 10.1. The summed E-state index contributed by atoms with van der Waals surface area (Å²) in [7, 11) is 0. The van der Waals surface area contributed by atoms with Crippen molar-refractivity contribution in [1.82, 2.24) is 25.2 Å². The van der Waals surface area contributed by atoms with Gasteiger partial charge in [0.25, 0.3) is 11.8 Å². The molecule has 3 heterocycles. The lowest BCUT2D eigenvalue weighted by Gasteiger charge is -2.34. The van der Waals surface area contributed by atoms with E-state index in [0.29, 0.717) is 43.4 Å². The van der Waals surface area contributed by atoms with E-state index in [1.54, 1.807) is 35.5 Å². The van der Waals surface area contributed by atoms with Crippen LogP contribution in [0.1, 0.15) is 33.7 Å². The highest BCUT2D eigenvalue weighted by Crippen LogP contribution is 2.19. The predicted molar refractivity (Wildman–Crippen MR) is 94.9 cm³/mol. The van der Waals surface area contributed by atoms with Gasteiger partial charge in [0.05, 0.1) is 0 Å². The zero-order chi connectivity index (χ0) is 17.9. The van der Waals surface area contributed by atoms with Crippen LogP contribution >= 0.6 is 0 Å². The van der Waals surface area contributed by atoms with Crippen molar-refractivity contribution in [3.63, 3.8) is 0 Å². The molecule has 26 heavy (non-hydrogen) atoms. The molecule has 8 heteroatoms. The van der Waals surface area contributed by atoms with Gasteiger partial charge in [0.2, 0.25) is 5.95 Å². The second kappa shape index (κ2) is 7.07. The Morgan fingerprint density at radius 2 is 1.73 bits per heavy atom. The number of nitrogens with zero attached hydrogens (tertiary/aromatic N) is 5. The molecule has 0 unspecified atom stereocenters. The summed E-state index contributed by atoms with van der Waals surface area (Å²) < 4.78 is 0. The molecule has 1 N–H and O–H groups in total. The number of aromatic nitrogens is 3. The van der Waals surface area contributed by atoms with Crippen LogP contribution in [0.2, 0.25) is 0 Å². The van der Waals surface area contributed by atoms with E-state index >= 15 is 0 Å². The van der Waals surface area contributed by atoms with Gasteiger partial charge < -0.3 is 15.1 Å². The Morgan fingerprint density at radius 3 is 2.42 bits per heavy atom. The Labute approximate surface area is 151 Å². The van der Waals surface area contributed by atoms with Crippen LogP contribution in [0.15, 0.2) is 36.8 Å². The third-order valence-corrected chi connectivity index (χ3v) is 4.55. The Morgan fingerprint density at radius 1 is 1.00 bits per heavy atom. The monoisotopic (exact) mass is 352 g/mol. The van der Waals surface area contributed by atoms with Crippen molar-refractivity contribution in [3.05, 3.63) is 48.0 Å². The number of carbonyl (C=O) groups is 2. The highest BCUT2D eigenvalue weighted by Gasteiger charge is 2.26. The van der Waals surface area contributed by atoms with Crippen LogP contribution < -0.4 is 10.2 Å². The number of carbonyl (C=O) groups excluding carboxylic acids is 2. The Hall–Kier alpha value is -3.03. The largest absolute Gasteiger partial charge is 0.348 e. The number of hydrogen-bond donors (Lipinski definition) is 1. The van der Waals surface area contributed by atoms with Crippen molar-refractivity contribution >= 4 is 17.8 Å². The van der Waals surface area contributed by atoms with Crippen LogP contribution in [0.4, 0.5) is 5.95 Å². The average molecular weight is 352 g/mol. The first-order valence-corrected chi connectivity index (χ1v) is 8.79. The van der Waals surface area contributed by atoms with Crippen LogP contribution in [0, 0.1) is 0 Å². The lowest BCUT2D eigenvalue weighted by molar-refractivity contribution is 0.0746. The summed E-state index contributed by atoms with van der Waals surface area (Å²) in [6.07, 6.45) is 6.97. The van der Waals surface area contributed by atoms with Gasteiger partial charge in [-0.3, -0.25) is 14.6 Å². The Balaban J connectivity index is 1.39. The van der Waals surface area contributed by atoms with Crippen molar-refractivity contribution < 1.29 is 9.59 Å². The summed E-state index contributed by atoms with van der Waals surface area (Å²) in [5, 5.41) is 2.89. The number of amides is 2. The van der Waals surface area contributed by atoms with Gasteiger partial charge in [-0.25, -0.2) is 9.97 Å². The Kier molecular flexibility index (Phi) is 4.47. The van der Waals surface area contributed by atoms with Crippen molar-refractivity contribution in [2.24, 2.45) is 0 Å². The molecule has 1 saturated heterocycles. The molecule has 1 aliphatic carbocycles. The van der Waals surface area contributed by atoms with E-state index in [1.165, 1.54) is 6.20 Å². The van der Waals surface area contributed by atoms with Crippen LogP contribution in [-0.4, -0.2) is 63.9 Å². The first kappa shape index (κ1) is 16.4. The number of pyridine rings is 1.